The van der Waals surface area contributed by atoms with Crippen molar-refractivity contribution in [3.05, 3.63) is 59.7 Å². The largest absolute Gasteiger partial charge is 0.478 e. The Morgan fingerprint density at radius 3 is 2.63 bits per heavy atom. The molecule has 1 N–H and O–H groups in total. The van der Waals surface area contributed by atoms with Crippen LogP contribution in [0.3, 0.4) is 0 Å². The number of para-hydroxylation sites is 1. The summed E-state index contributed by atoms with van der Waals surface area (Å²) < 4.78 is 0. The smallest absolute Gasteiger partial charge is 0.335 e. The number of hydrogen-bond donors (Lipinski definition) is 1. The summed E-state index contributed by atoms with van der Waals surface area (Å²) in [7, 11) is 0. The zero-order valence-corrected chi connectivity index (χ0v) is 11.1. The molecule has 0 aliphatic carbocycles. The van der Waals surface area contributed by atoms with Crippen LogP contribution < -0.4 is 4.90 Å². The molecule has 3 rings (SSSR count). The second-order valence-corrected chi connectivity index (χ2v) is 5.43. The monoisotopic (exact) mass is 271 g/mol. The molecule has 0 unspecified atom stereocenters. The molecule has 0 radical (unpaired) electrons. The van der Waals surface area contributed by atoms with Gasteiger partial charge in [0.25, 0.3) is 0 Å². The fourth-order valence-corrected chi connectivity index (χ4v) is 3.21. The summed E-state index contributed by atoms with van der Waals surface area (Å²) in [6, 6.07) is 15.4. The van der Waals surface area contributed by atoms with Crippen LogP contribution in [0.1, 0.15) is 15.9 Å². The second kappa shape index (κ2) is 4.97. The molecule has 4 heteroatoms. The van der Waals surface area contributed by atoms with Gasteiger partial charge in [-0.05, 0) is 29.8 Å². The van der Waals surface area contributed by atoms with Gasteiger partial charge in [-0.15, -0.1) is 11.8 Å². The van der Waals surface area contributed by atoms with Gasteiger partial charge in [-0.3, -0.25) is 0 Å². The van der Waals surface area contributed by atoms with Gasteiger partial charge in [0.15, 0.2) is 0 Å². The van der Waals surface area contributed by atoms with Crippen LogP contribution in [0.5, 0.6) is 0 Å². The Hall–Kier alpha value is -1.94. The summed E-state index contributed by atoms with van der Waals surface area (Å²) in [4.78, 5) is 14.4. The lowest BCUT2D eigenvalue weighted by Gasteiger charge is -2.18. The molecule has 0 fully saturated rings. The van der Waals surface area contributed by atoms with Crippen LogP contribution in [0, 0.1) is 0 Å². The first-order valence-electron chi connectivity index (χ1n) is 6.03. The summed E-state index contributed by atoms with van der Waals surface area (Å²) >= 11 is 1.84. The van der Waals surface area contributed by atoms with Gasteiger partial charge in [0.1, 0.15) is 0 Å². The zero-order chi connectivity index (χ0) is 13.2. The number of thioether (sulfide) groups is 1. The highest BCUT2D eigenvalue weighted by molar-refractivity contribution is 7.99. The van der Waals surface area contributed by atoms with Crippen LogP contribution in [0.4, 0.5) is 5.69 Å². The van der Waals surface area contributed by atoms with E-state index in [0.29, 0.717) is 5.56 Å². The van der Waals surface area contributed by atoms with Gasteiger partial charge in [0, 0.05) is 11.4 Å². The number of aromatic carboxylic acids is 1. The quantitative estimate of drug-likeness (QED) is 0.928. The van der Waals surface area contributed by atoms with Crippen LogP contribution in [-0.2, 0) is 6.54 Å². The van der Waals surface area contributed by atoms with E-state index in [4.69, 9.17) is 5.11 Å². The van der Waals surface area contributed by atoms with Gasteiger partial charge in [-0.1, -0.05) is 24.3 Å². The highest BCUT2D eigenvalue weighted by atomic mass is 32.2. The molecule has 3 nitrogen and oxygen atoms in total. The Balaban J connectivity index is 1.78. The zero-order valence-electron chi connectivity index (χ0n) is 10.2. The summed E-state index contributed by atoms with van der Waals surface area (Å²) in [5.41, 5.74) is 2.72. The van der Waals surface area contributed by atoms with E-state index in [1.807, 2.05) is 30.0 Å². The first kappa shape index (κ1) is 12.1. The minimum absolute atomic E-state index is 0.333. The number of rotatable bonds is 3. The lowest BCUT2D eigenvalue weighted by atomic mass is 10.1. The van der Waals surface area contributed by atoms with Gasteiger partial charge < -0.3 is 10.0 Å². The van der Waals surface area contributed by atoms with E-state index in [2.05, 4.69) is 23.1 Å². The maximum atomic E-state index is 10.8. The van der Waals surface area contributed by atoms with Crippen molar-refractivity contribution in [1.29, 1.82) is 0 Å². The predicted molar refractivity (Wildman–Crippen MR) is 76.8 cm³/mol. The van der Waals surface area contributed by atoms with Crippen molar-refractivity contribution in [2.75, 3.05) is 10.8 Å². The van der Waals surface area contributed by atoms with E-state index in [-0.39, 0.29) is 0 Å². The molecule has 0 bridgehead atoms. The molecule has 0 spiro atoms. The molecule has 96 valence electrons. The lowest BCUT2D eigenvalue weighted by Crippen LogP contribution is -2.18. The number of anilines is 1. The van der Waals surface area contributed by atoms with Crippen molar-refractivity contribution < 1.29 is 9.90 Å². The molecule has 2 aromatic carbocycles. The lowest BCUT2D eigenvalue weighted by molar-refractivity contribution is 0.0697. The predicted octanol–water partition coefficient (Wildman–Crippen LogP) is 3.45. The van der Waals surface area contributed by atoms with Crippen LogP contribution in [0.2, 0.25) is 0 Å². The van der Waals surface area contributed by atoms with Gasteiger partial charge in [-0.2, -0.15) is 0 Å². The van der Waals surface area contributed by atoms with Crippen molar-refractivity contribution in [2.45, 2.75) is 11.4 Å². The minimum atomic E-state index is -0.881. The van der Waals surface area contributed by atoms with Gasteiger partial charge >= 0.3 is 5.97 Å². The molecule has 0 saturated carbocycles. The maximum absolute atomic E-state index is 10.8. The Labute approximate surface area is 115 Å². The number of carboxylic acids is 1. The average Bonchev–Trinajstić information content (AvgIpc) is 2.83. The number of carbonyl (C=O) groups is 1. The first-order valence-corrected chi connectivity index (χ1v) is 7.01. The van der Waals surface area contributed by atoms with Crippen molar-refractivity contribution in [3.63, 3.8) is 0 Å². The van der Waals surface area contributed by atoms with E-state index in [1.165, 1.54) is 10.6 Å². The van der Waals surface area contributed by atoms with Crippen LogP contribution in [0.15, 0.2) is 53.4 Å². The SMILES string of the molecule is O=C(O)c1ccc(CN2CSc3ccccc32)cc1. The molecule has 0 atom stereocenters. The number of nitrogens with zero attached hydrogens (tertiary/aromatic N) is 1. The molecule has 0 amide bonds. The van der Waals surface area contributed by atoms with Gasteiger partial charge in [-0.25, -0.2) is 4.79 Å². The number of carboxylic acid groups (broad SMARTS) is 1. The molecule has 1 heterocycles. The first-order chi connectivity index (χ1) is 9.24. The molecule has 19 heavy (non-hydrogen) atoms. The third-order valence-corrected chi connectivity index (χ3v) is 4.25. The molecule has 0 saturated heterocycles. The topological polar surface area (TPSA) is 40.5 Å². The number of benzene rings is 2. The highest BCUT2D eigenvalue weighted by Gasteiger charge is 2.18. The Morgan fingerprint density at radius 1 is 1.16 bits per heavy atom. The Bertz CT molecular complexity index is 610. The standard InChI is InChI=1S/C15H13NO2S/c17-15(18)12-7-5-11(6-8-12)9-16-10-19-14-4-2-1-3-13(14)16/h1-8H,9-10H2,(H,17,18). The van der Waals surface area contributed by atoms with Gasteiger partial charge in [0.2, 0.25) is 0 Å². The Kier molecular flexibility index (Phi) is 3.17. The number of fused-ring (bicyclic) bond motifs is 1. The summed E-state index contributed by atoms with van der Waals surface area (Å²) in [6.45, 7) is 0.809. The van der Waals surface area contributed by atoms with E-state index in [1.54, 1.807) is 12.1 Å². The Morgan fingerprint density at radius 2 is 1.89 bits per heavy atom. The van der Waals surface area contributed by atoms with Crippen molar-refractivity contribution in [1.82, 2.24) is 0 Å². The van der Waals surface area contributed by atoms with E-state index in [9.17, 15) is 4.79 Å². The third-order valence-electron chi connectivity index (χ3n) is 3.16. The van der Waals surface area contributed by atoms with E-state index in [0.717, 1.165) is 18.0 Å². The number of hydrogen-bond acceptors (Lipinski definition) is 3. The van der Waals surface area contributed by atoms with Crippen molar-refractivity contribution in [3.8, 4) is 0 Å². The molecular formula is C15H13NO2S. The average molecular weight is 271 g/mol. The highest BCUT2D eigenvalue weighted by Crippen LogP contribution is 2.38. The fraction of sp³-hybridized carbons (Fsp3) is 0.133. The normalized spacial score (nSPS) is 13.4. The van der Waals surface area contributed by atoms with Crippen molar-refractivity contribution in [2.24, 2.45) is 0 Å². The molecule has 2 aromatic rings. The second-order valence-electron chi connectivity index (χ2n) is 4.44. The molecule has 1 aliphatic heterocycles. The minimum Gasteiger partial charge on any atom is -0.478 e. The van der Waals surface area contributed by atoms with E-state index >= 15 is 0 Å². The van der Waals surface area contributed by atoms with Gasteiger partial charge in [0.05, 0.1) is 17.1 Å². The van der Waals surface area contributed by atoms with Crippen LogP contribution >= 0.6 is 11.8 Å². The summed E-state index contributed by atoms with van der Waals surface area (Å²) in [5, 5.41) is 8.88. The fourth-order valence-electron chi connectivity index (χ4n) is 2.16. The maximum Gasteiger partial charge on any atom is 0.335 e. The summed E-state index contributed by atoms with van der Waals surface area (Å²) in [6.07, 6.45) is 0. The molecular weight excluding hydrogens is 258 g/mol. The van der Waals surface area contributed by atoms with Crippen LogP contribution in [0.25, 0.3) is 0 Å². The van der Waals surface area contributed by atoms with Crippen molar-refractivity contribution >= 4 is 23.4 Å². The summed E-state index contributed by atoms with van der Waals surface area (Å²) in [5.74, 6) is 0.0636. The molecule has 1 aliphatic rings. The molecule has 0 aromatic heterocycles. The van der Waals surface area contributed by atoms with Crippen LogP contribution in [-0.4, -0.2) is 17.0 Å². The third kappa shape index (κ3) is 2.44. The van der Waals surface area contributed by atoms with E-state index < -0.39 is 5.97 Å².